The SMILES string of the molecule is Cc1ccc(N(C=O)c2nn(C(=O)c3ccccc3)c3c2CN(C(=O)c2ccc(F)cc2)C3)cc1. The molecule has 0 bridgehead atoms. The molecule has 7 nitrogen and oxygen atoms in total. The monoisotopic (exact) mass is 468 g/mol. The number of carbonyl (C=O) groups excluding carboxylic acids is 3. The quantitative estimate of drug-likeness (QED) is 0.405. The molecule has 1 aliphatic heterocycles. The average Bonchev–Trinajstić information content (AvgIpc) is 3.46. The van der Waals surface area contributed by atoms with Crippen LogP contribution in [0.2, 0.25) is 0 Å². The normalized spacial score (nSPS) is 12.3. The van der Waals surface area contributed by atoms with Crippen molar-refractivity contribution in [3.8, 4) is 0 Å². The van der Waals surface area contributed by atoms with Crippen molar-refractivity contribution in [2.75, 3.05) is 4.90 Å². The number of hydrogen-bond acceptors (Lipinski definition) is 4. The van der Waals surface area contributed by atoms with Gasteiger partial charge < -0.3 is 4.90 Å². The summed E-state index contributed by atoms with van der Waals surface area (Å²) in [6.45, 7) is 2.22. The lowest BCUT2D eigenvalue weighted by molar-refractivity contribution is -0.106. The first-order valence-corrected chi connectivity index (χ1v) is 11.0. The van der Waals surface area contributed by atoms with Crippen molar-refractivity contribution in [2.45, 2.75) is 20.0 Å². The van der Waals surface area contributed by atoms with Crippen LogP contribution in [0, 0.1) is 12.7 Å². The fraction of sp³-hybridized carbons (Fsp3) is 0.111. The van der Waals surface area contributed by atoms with Crippen LogP contribution in [0.25, 0.3) is 0 Å². The van der Waals surface area contributed by atoms with Crippen LogP contribution in [0.1, 0.15) is 37.5 Å². The smallest absolute Gasteiger partial charge is 0.278 e. The Balaban J connectivity index is 1.57. The number of rotatable bonds is 5. The van der Waals surface area contributed by atoms with E-state index in [0.717, 1.165) is 5.56 Å². The van der Waals surface area contributed by atoms with E-state index < -0.39 is 5.82 Å². The molecule has 1 aromatic heterocycles. The highest BCUT2D eigenvalue weighted by Crippen LogP contribution is 2.35. The number of aryl methyl sites for hydroxylation is 1. The number of carbonyl (C=O) groups is 3. The van der Waals surface area contributed by atoms with E-state index >= 15 is 0 Å². The Morgan fingerprint density at radius 3 is 2.20 bits per heavy atom. The first kappa shape index (κ1) is 22.2. The first-order valence-electron chi connectivity index (χ1n) is 11.0. The second kappa shape index (κ2) is 8.98. The lowest BCUT2D eigenvalue weighted by atomic mass is 10.2. The highest BCUT2D eigenvalue weighted by molar-refractivity contribution is 5.98. The molecule has 3 aromatic carbocycles. The molecule has 0 atom stereocenters. The molecule has 35 heavy (non-hydrogen) atoms. The van der Waals surface area contributed by atoms with Gasteiger partial charge in [-0.15, -0.1) is 5.10 Å². The van der Waals surface area contributed by atoms with Gasteiger partial charge in [0.1, 0.15) is 5.82 Å². The number of nitrogens with zero attached hydrogens (tertiary/aromatic N) is 4. The first-order chi connectivity index (χ1) is 17.0. The fourth-order valence-corrected chi connectivity index (χ4v) is 4.15. The van der Waals surface area contributed by atoms with Gasteiger partial charge in [0.15, 0.2) is 5.82 Å². The van der Waals surface area contributed by atoms with Crippen LogP contribution in [0.4, 0.5) is 15.9 Å². The largest absolute Gasteiger partial charge is 0.328 e. The zero-order valence-corrected chi connectivity index (χ0v) is 18.9. The van der Waals surface area contributed by atoms with Crippen LogP contribution in [-0.4, -0.2) is 32.9 Å². The van der Waals surface area contributed by atoms with Crippen LogP contribution in [-0.2, 0) is 17.9 Å². The standard InChI is InChI=1S/C27H21FN4O3/c1-18-7-13-22(14-8-18)31(17-33)25-23-15-30(26(34)20-9-11-21(28)12-10-20)16-24(23)32(29-25)27(35)19-5-3-2-4-6-19/h2-14,17H,15-16H2,1H3. The minimum absolute atomic E-state index is 0.123. The number of fused-ring (bicyclic) bond motifs is 1. The summed E-state index contributed by atoms with van der Waals surface area (Å²) in [6.07, 6.45) is 0.648. The van der Waals surface area contributed by atoms with Gasteiger partial charge in [0.25, 0.3) is 11.8 Å². The summed E-state index contributed by atoms with van der Waals surface area (Å²) in [4.78, 5) is 41.6. The number of amides is 2. The molecular weight excluding hydrogens is 447 g/mol. The van der Waals surface area contributed by atoms with E-state index in [2.05, 4.69) is 5.10 Å². The van der Waals surface area contributed by atoms with Crippen molar-refractivity contribution < 1.29 is 18.8 Å². The van der Waals surface area contributed by atoms with Crippen molar-refractivity contribution in [2.24, 2.45) is 0 Å². The maximum Gasteiger partial charge on any atom is 0.278 e. The lowest BCUT2D eigenvalue weighted by Gasteiger charge is -2.19. The number of hydrogen-bond donors (Lipinski definition) is 0. The molecule has 0 N–H and O–H groups in total. The van der Waals surface area contributed by atoms with Gasteiger partial charge in [-0.1, -0.05) is 35.9 Å². The lowest BCUT2D eigenvalue weighted by Crippen LogP contribution is -2.28. The molecule has 0 saturated heterocycles. The fourth-order valence-electron chi connectivity index (χ4n) is 4.15. The highest BCUT2D eigenvalue weighted by atomic mass is 19.1. The number of benzene rings is 3. The number of halogens is 1. The van der Waals surface area contributed by atoms with Gasteiger partial charge in [-0.2, -0.15) is 4.68 Å². The Morgan fingerprint density at radius 1 is 0.886 bits per heavy atom. The van der Waals surface area contributed by atoms with E-state index in [4.69, 9.17) is 0 Å². The van der Waals surface area contributed by atoms with Gasteiger partial charge in [0.2, 0.25) is 6.41 Å². The predicted octanol–water partition coefficient (Wildman–Crippen LogP) is 4.47. The van der Waals surface area contributed by atoms with Gasteiger partial charge in [0, 0.05) is 16.7 Å². The Labute approximate surface area is 201 Å². The number of anilines is 2. The molecule has 5 rings (SSSR count). The third kappa shape index (κ3) is 4.10. The van der Waals surface area contributed by atoms with E-state index in [9.17, 15) is 18.8 Å². The van der Waals surface area contributed by atoms with Crippen LogP contribution in [0.15, 0.2) is 78.9 Å². The summed E-state index contributed by atoms with van der Waals surface area (Å²) in [5.41, 5.74) is 3.53. The second-order valence-corrected chi connectivity index (χ2v) is 8.31. The molecule has 0 fully saturated rings. The zero-order chi connectivity index (χ0) is 24.5. The van der Waals surface area contributed by atoms with Crippen molar-refractivity contribution >= 4 is 29.7 Å². The van der Waals surface area contributed by atoms with Crippen molar-refractivity contribution in [1.29, 1.82) is 0 Å². The van der Waals surface area contributed by atoms with Crippen LogP contribution < -0.4 is 4.90 Å². The van der Waals surface area contributed by atoms with Crippen molar-refractivity contribution in [3.63, 3.8) is 0 Å². The topological polar surface area (TPSA) is 75.5 Å². The summed E-state index contributed by atoms with van der Waals surface area (Å²) in [6, 6.07) is 21.3. The van der Waals surface area contributed by atoms with E-state index in [1.165, 1.54) is 33.8 Å². The molecule has 0 spiro atoms. The Bertz CT molecular complexity index is 1410. The summed E-state index contributed by atoms with van der Waals surface area (Å²) >= 11 is 0. The molecule has 2 amide bonds. The predicted molar refractivity (Wildman–Crippen MR) is 128 cm³/mol. The van der Waals surface area contributed by atoms with Crippen LogP contribution >= 0.6 is 0 Å². The molecule has 1 aliphatic rings. The highest BCUT2D eigenvalue weighted by Gasteiger charge is 2.35. The molecule has 4 aromatic rings. The van der Waals surface area contributed by atoms with E-state index in [1.807, 2.05) is 25.1 Å². The zero-order valence-electron chi connectivity index (χ0n) is 18.9. The maximum atomic E-state index is 13.4. The Hall–Kier alpha value is -4.59. The molecular formula is C27H21FN4O3. The summed E-state index contributed by atoms with van der Waals surface area (Å²) in [5.74, 6) is -0.812. The Kier molecular flexibility index (Phi) is 5.70. The third-order valence-corrected chi connectivity index (χ3v) is 6.00. The second-order valence-electron chi connectivity index (χ2n) is 8.31. The van der Waals surface area contributed by atoms with Crippen molar-refractivity contribution in [1.82, 2.24) is 14.7 Å². The molecule has 0 aliphatic carbocycles. The molecule has 0 radical (unpaired) electrons. The summed E-state index contributed by atoms with van der Waals surface area (Å²) in [7, 11) is 0. The molecule has 8 heteroatoms. The molecule has 0 saturated carbocycles. The summed E-state index contributed by atoms with van der Waals surface area (Å²) in [5, 5.41) is 4.53. The Morgan fingerprint density at radius 2 is 1.54 bits per heavy atom. The van der Waals surface area contributed by atoms with Gasteiger partial charge in [-0.05, 0) is 55.5 Å². The molecule has 0 unspecified atom stereocenters. The average molecular weight is 468 g/mol. The molecule has 2 heterocycles. The summed E-state index contributed by atoms with van der Waals surface area (Å²) < 4.78 is 14.6. The third-order valence-electron chi connectivity index (χ3n) is 6.00. The van der Waals surface area contributed by atoms with E-state index in [1.54, 1.807) is 41.3 Å². The van der Waals surface area contributed by atoms with E-state index in [0.29, 0.717) is 34.5 Å². The van der Waals surface area contributed by atoms with E-state index in [-0.39, 0.29) is 30.7 Å². The van der Waals surface area contributed by atoms with Gasteiger partial charge in [0.05, 0.1) is 24.5 Å². The minimum atomic E-state index is -0.433. The van der Waals surface area contributed by atoms with Gasteiger partial charge in [-0.3, -0.25) is 19.3 Å². The molecule has 174 valence electrons. The van der Waals surface area contributed by atoms with Gasteiger partial charge in [-0.25, -0.2) is 4.39 Å². The van der Waals surface area contributed by atoms with Crippen molar-refractivity contribution in [3.05, 3.63) is 113 Å². The van der Waals surface area contributed by atoms with Gasteiger partial charge >= 0.3 is 0 Å². The maximum absolute atomic E-state index is 13.4. The van der Waals surface area contributed by atoms with Crippen LogP contribution in [0.5, 0.6) is 0 Å². The minimum Gasteiger partial charge on any atom is -0.328 e. The number of aromatic nitrogens is 2. The van der Waals surface area contributed by atoms with Crippen LogP contribution in [0.3, 0.4) is 0 Å².